The van der Waals surface area contributed by atoms with Gasteiger partial charge in [0, 0.05) is 20.0 Å². The number of carbonyl (C=O) groups is 1. The molecule has 0 saturated carbocycles. The van der Waals surface area contributed by atoms with E-state index in [-0.39, 0.29) is 25.2 Å². The maximum absolute atomic E-state index is 12.0. The molecule has 0 amide bonds. The molecule has 0 aromatic rings. The highest BCUT2D eigenvalue weighted by Gasteiger charge is 2.22. The Hall–Kier alpha value is -0.700. The lowest BCUT2D eigenvalue weighted by Gasteiger charge is -2.25. The molecule has 1 saturated heterocycles. The summed E-state index contributed by atoms with van der Waals surface area (Å²) in [6.45, 7) is 5.85. The molecule has 0 aromatic carbocycles. The Balaban J connectivity index is 2.44. The summed E-state index contributed by atoms with van der Waals surface area (Å²) < 4.78 is 35.2. The van der Waals surface area contributed by atoms with E-state index in [0.717, 1.165) is 32.2 Å². The Bertz CT molecular complexity index is 460. The van der Waals surface area contributed by atoms with E-state index in [9.17, 15) is 13.2 Å². The molecule has 7 nitrogen and oxygen atoms in total. The number of hydrogen-bond donors (Lipinski definition) is 1. The van der Waals surface area contributed by atoms with Gasteiger partial charge in [-0.25, -0.2) is 12.7 Å². The topological polar surface area (TPSA) is 84.9 Å². The molecular weight excluding hydrogens is 320 g/mol. The summed E-state index contributed by atoms with van der Waals surface area (Å²) in [4.78, 5) is 12.0. The number of carbonyl (C=O) groups excluding carboxylic acids is 1. The zero-order valence-electron chi connectivity index (χ0n) is 14.6. The van der Waals surface area contributed by atoms with Crippen molar-refractivity contribution in [2.45, 2.75) is 45.3 Å². The van der Waals surface area contributed by atoms with Crippen LogP contribution in [0.25, 0.3) is 0 Å². The number of esters is 1. The van der Waals surface area contributed by atoms with Crippen LogP contribution in [-0.4, -0.2) is 70.4 Å². The summed E-state index contributed by atoms with van der Waals surface area (Å²) in [5, 5.41) is 3.26. The first-order valence-corrected chi connectivity index (χ1v) is 9.96. The highest BCUT2D eigenvalue weighted by atomic mass is 32.2. The van der Waals surface area contributed by atoms with E-state index >= 15 is 0 Å². The van der Waals surface area contributed by atoms with Crippen LogP contribution < -0.4 is 5.32 Å². The van der Waals surface area contributed by atoms with Gasteiger partial charge < -0.3 is 14.8 Å². The van der Waals surface area contributed by atoms with Gasteiger partial charge in [0.25, 0.3) is 0 Å². The van der Waals surface area contributed by atoms with Crippen LogP contribution in [0.2, 0.25) is 0 Å². The molecule has 0 aliphatic carbocycles. The second-order valence-corrected chi connectivity index (χ2v) is 8.52. The summed E-state index contributed by atoms with van der Waals surface area (Å²) in [5.74, 6) is 0.128. The van der Waals surface area contributed by atoms with E-state index in [2.05, 4.69) is 5.32 Å². The normalized spacial score (nSPS) is 18.3. The van der Waals surface area contributed by atoms with Crippen molar-refractivity contribution >= 4 is 16.0 Å². The predicted octanol–water partition coefficient (Wildman–Crippen LogP) is 0.604. The zero-order valence-corrected chi connectivity index (χ0v) is 15.4. The molecule has 1 atom stereocenters. The first-order valence-electron chi connectivity index (χ1n) is 8.11. The summed E-state index contributed by atoms with van der Waals surface area (Å²) in [6.07, 6.45) is 2.98. The lowest BCUT2D eigenvalue weighted by atomic mass is 9.95. The Morgan fingerprint density at radius 2 is 1.91 bits per heavy atom. The Kier molecular flexibility index (Phi) is 8.46. The largest absolute Gasteiger partial charge is 0.463 e. The zero-order chi connectivity index (χ0) is 17.5. The van der Waals surface area contributed by atoms with Crippen LogP contribution in [0.3, 0.4) is 0 Å². The molecule has 0 bridgehead atoms. The molecular formula is C15H30N2O5S. The average Bonchev–Trinajstić information content (AvgIpc) is 2.44. The molecule has 1 rings (SSSR count). The fraction of sp³-hybridized carbons (Fsp3) is 0.933. The molecule has 1 heterocycles. The van der Waals surface area contributed by atoms with Crippen LogP contribution >= 0.6 is 0 Å². The molecule has 0 radical (unpaired) electrons. The molecule has 1 N–H and O–H groups in total. The smallest absolute Gasteiger partial charge is 0.306 e. The van der Waals surface area contributed by atoms with Crippen molar-refractivity contribution in [3.05, 3.63) is 0 Å². The highest BCUT2D eigenvalue weighted by Crippen LogP contribution is 2.16. The summed E-state index contributed by atoms with van der Waals surface area (Å²) in [7, 11) is -1.80. The second kappa shape index (κ2) is 9.56. The van der Waals surface area contributed by atoms with Gasteiger partial charge in [-0.15, -0.1) is 0 Å². The monoisotopic (exact) mass is 350 g/mol. The number of rotatable bonds is 9. The minimum Gasteiger partial charge on any atom is -0.463 e. The minimum atomic E-state index is -3.29. The van der Waals surface area contributed by atoms with Crippen LogP contribution in [-0.2, 0) is 24.3 Å². The molecule has 136 valence electrons. The molecule has 0 aromatic heterocycles. The molecule has 23 heavy (non-hydrogen) atoms. The number of ether oxygens (including phenoxy) is 2. The van der Waals surface area contributed by atoms with Gasteiger partial charge >= 0.3 is 5.97 Å². The Morgan fingerprint density at radius 3 is 2.43 bits per heavy atom. The SMILES string of the molecule is CC(C)O[C@H](COC(=O)CC1CCNCC1)CN(C)S(C)(=O)=O. The third kappa shape index (κ3) is 8.64. The minimum absolute atomic E-state index is 0.0713. The molecule has 1 fully saturated rings. The van der Waals surface area contributed by atoms with Gasteiger partial charge in [-0.3, -0.25) is 4.79 Å². The third-order valence-corrected chi connectivity index (χ3v) is 5.12. The van der Waals surface area contributed by atoms with Gasteiger partial charge in [0.2, 0.25) is 10.0 Å². The molecule has 0 spiro atoms. The fourth-order valence-electron chi connectivity index (χ4n) is 2.51. The Labute approximate surface area is 139 Å². The van der Waals surface area contributed by atoms with E-state index in [0.29, 0.717) is 12.3 Å². The maximum Gasteiger partial charge on any atom is 0.306 e. The van der Waals surface area contributed by atoms with Gasteiger partial charge in [0.15, 0.2) is 0 Å². The fourth-order valence-corrected chi connectivity index (χ4v) is 2.95. The van der Waals surface area contributed by atoms with Crippen molar-refractivity contribution in [2.24, 2.45) is 5.92 Å². The Morgan fingerprint density at radius 1 is 1.30 bits per heavy atom. The lowest BCUT2D eigenvalue weighted by molar-refractivity contribution is -0.150. The van der Waals surface area contributed by atoms with Crippen LogP contribution in [0.15, 0.2) is 0 Å². The van der Waals surface area contributed by atoms with Crippen molar-refractivity contribution in [2.75, 3.05) is 39.5 Å². The number of likely N-dealkylation sites (N-methyl/N-ethyl adjacent to an activating group) is 1. The van der Waals surface area contributed by atoms with E-state index in [1.165, 1.54) is 11.4 Å². The molecule has 1 aliphatic heterocycles. The van der Waals surface area contributed by atoms with Crippen molar-refractivity contribution in [1.82, 2.24) is 9.62 Å². The van der Waals surface area contributed by atoms with Crippen LogP contribution in [0.1, 0.15) is 33.1 Å². The van der Waals surface area contributed by atoms with E-state index in [1.807, 2.05) is 13.8 Å². The first-order chi connectivity index (χ1) is 10.7. The van der Waals surface area contributed by atoms with Gasteiger partial charge in [0.1, 0.15) is 12.7 Å². The summed E-state index contributed by atoms with van der Waals surface area (Å²) in [6, 6.07) is 0. The standard InChI is InChI=1S/C15H30N2O5S/c1-12(2)22-14(10-17(3)23(4,19)20)11-21-15(18)9-13-5-7-16-8-6-13/h12-14,16H,5-11H2,1-4H3/t14-/m0/s1. The van der Waals surface area contributed by atoms with E-state index in [1.54, 1.807) is 0 Å². The maximum atomic E-state index is 12.0. The van der Waals surface area contributed by atoms with E-state index < -0.39 is 16.1 Å². The van der Waals surface area contributed by atoms with Gasteiger partial charge in [0.05, 0.1) is 12.4 Å². The van der Waals surface area contributed by atoms with Gasteiger partial charge in [-0.05, 0) is 45.7 Å². The van der Waals surface area contributed by atoms with Gasteiger partial charge in [-0.1, -0.05) is 0 Å². The molecule has 0 unspecified atom stereocenters. The van der Waals surface area contributed by atoms with Crippen molar-refractivity contribution in [1.29, 1.82) is 0 Å². The number of nitrogens with one attached hydrogen (secondary N) is 1. The van der Waals surface area contributed by atoms with Crippen LogP contribution in [0, 0.1) is 5.92 Å². The van der Waals surface area contributed by atoms with Crippen LogP contribution in [0.4, 0.5) is 0 Å². The summed E-state index contributed by atoms with van der Waals surface area (Å²) in [5.41, 5.74) is 0. The summed E-state index contributed by atoms with van der Waals surface area (Å²) >= 11 is 0. The lowest BCUT2D eigenvalue weighted by Crippen LogP contribution is -2.39. The number of nitrogens with zero attached hydrogens (tertiary/aromatic N) is 1. The highest BCUT2D eigenvalue weighted by molar-refractivity contribution is 7.88. The van der Waals surface area contributed by atoms with Gasteiger partial charge in [-0.2, -0.15) is 0 Å². The molecule has 1 aliphatic rings. The second-order valence-electron chi connectivity index (χ2n) is 6.43. The number of hydrogen-bond acceptors (Lipinski definition) is 6. The first kappa shape index (κ1) is 20.3. The predicted molar refractivity (Wildman–Crippen MR) is 88.7 cm³/mol. The quantitative estimate of drug-likeness (QED) is 0.613. The average molecular weight is 350 g/mol. The van der Waals surface area contributed by atoms with Crippen molar-refractivity contribution in [3.63, 3.8) is 0 Å². The molecule has 8 heteroatoms. The van der Waals surface area contributed by atoms with Crippen LogP contribution in [0.5, 0.6) is 0 Å². The third-order valence-electron chi connectivity index (χ3n) is 3.84. The van der Waals surface area contributed by atoms with E-state index in [4.69, 9.17) is 9.47 Å². The number of piperidine rings is 1. The van der Waals surface area contributed by atoms with Crippen molar-refractivity contribution in [3.8, 4) is 0 Å². The van der Waals surface area contributed by atoms with Crippen molar-refractivity contribution < 1.29 is 22.7 Å². The number of sulfonamides is 1.